The fraction of sp³-hybridized carbons (Fsp3) is 0.357. The number of imidazole rings is 1. The minimum atomic E-state index is -1.00. The maximum Gasteiger partial charge on any atom is 0.207 e. The van der Waals surface area contributed by atoms with Gasteiger partial charge < -0.3 is 14.6 Å². The summed E-state index contributed by atoms with van der Waals surface area (Å²) in [5.41, 5.74) is -0.423. The summed E-state index contributed by atoms with van der Waals surface area (Å²) in [6.07, 6.45) is 3.95. The van der Waals surface area contributed by atoms with Gasteiger partial charge in [-0.05, 0) is 13.3 Å². The molecule has 0 aliphatic heterocycles. The molecular formula is C14H16F3N3O. The van der Waals surface area contributed by atoms with Crippen molar-refractivity contribution < 1.29 is 17.9 Å². The summed E-state index contributed by atoms with van der Waals surface area (Å²) >= 11 is 0. The van der Waals surface area contributed by atoms with E-state index in [0.29, 0.717) is 31.9 Å². The molecule has 7 heteroatoms. The van der Waals surface area contributed by atoms with Gasteiger partial charge in [0.05, 0.1) is 0 Å². The topological polar surface area (TPSA) is 39.1 Å². The molecule has 1 heterocycles. The molecule has 1 aromatic carbocycles. The summed E-state index contributed by atoms with van der Waals surface area (Å²) in [4.78, 5) is 4.00. The Morgan fingerprint density at radius 2 is 1.95 bits per heavy atom. The van der Waals surface area contributed by atoms with Gasteiger partial charge >= 0.3 is 0 Å². The lowest BCUT2D eigenvalue weighted by Gasteiger charge is -2.11. The summed E-state index contributed by atoms with van der Waals surface area (Å²) in [5, 5.41) is 2.55. The molecule has 0 aliphatic rings. The molecule has 0 aliphatic carbocycles. The van der Waals surface area contributed by atoms with Crippen LogP contribution in [-0.2, 0) is 11.3 Å². The molecule has 0 fully saturated rings. The number of nitrogens with one attached hydrogen (secondary N) is 1. The molecule has 0 saturated heterocycles. The van der Waals surface area contributed by atoms with Crippen LogP contribution in [0, 0.1) is 17.5 Å². The Bertz CT molecular complexity index is 578. The van der Waals surface area contributed by atoms with Crippen molar-refractivity contribution in [2.24, 2.45) is 0 Å². The third-order valence-electron chi connectivity index (χ3n) is 2.85. The predicted molar refractivity (Wildman–Crippen MR) is 72.9 cm³/mol. The van der Waals surface area contributed by atoms with Crippen LogP contribution in [0.4, 0.5) is 24.8 Å². The standard InChI is InChI=1S/C14H16F3N3O/c1-2-21-7-3-5-20-6-4-18-14(20)19-13-11(16)8-10(15)9-12(13)17/h4,6,8-9H,2-3,5,7H2,1H3,(H,18,19). The lowest BCUT2D eigenvalue weighted by molar-refractivity contribution is 0.142. The Labute approximate surface area is 120 Å². The molecule has 0 amide bonds. The van der Waals surface area contributed by atoms with E-state index in [-0.39, 0.29) is 5.95 Å². The molecule has 0 bridgehead atoms. The fourth-order valence-corrected chi connectivity index (χ4v) is 1.87. The number of ether oxygens (including phenoxy) is 1. The Hall–Kier alpha value is -2.02. The first-order chi connectivity index (χ1) is 10.1. The summed E-state index contributed by atoms with van der Waals surface area (Å²) in [6, 6.07) is 1.24. The maximum absolute atomic E-state index is 13.6. The Morgan fingerprint density at radius 1 is 1.24 bits per heavy atom. The van der Waals surface area contributed by atoms with Crippen LogP contribution in [0.1, 0.15) is 13.3 Å². The highest BCUT2D eigenvalue weighted by Gasteiger charge is 2.13. The Balaban J connectivity index is 2.09. The molecule has 2 aromatic rings. The van der Waals surface area contributed by atoms with Gasteiger partial charge in [0.2, 0.25) is 5.95 Å². The number of nitrogens with zero attached hydrogens (tertiary/aromatic N) is 2. The van der Waals surface area contributed by atoms with E-state index in [1.807, 2.05) is 6.92 Å². The van der Waals surface area contributed by atoms with Gasteiger partial charge in [-0.3, -0.25) is 0 Å². The van der Waals surface area contributed by atoms with Crippen LogP contribution in [0.5, 0.6) is 0 Å². The van der Waals surface area contributed by atoms with E-state index in [9.17, 15) is 13.2 Å². The molecule has 21 heavy (non-hydrogen) atoms. The SMILES string of the molecule is CCOCCCn1ccnc1Nc1c(F)cc(F)cc1F. The van der Waals surface area contributed by atoms with Crippen molar-refractivity contribution in [1.82, 2.24) is 9.55 Å². The van der Waals surface area contributed by atoms with Gasteiger partial charge in [0.1, 0.15) is 11.5 Å². The fourth-order valence-electron chi connectivity index (χ4n) is 1.87. The van der Waals surface area contributed by atoms with Crippen molar-refractivity contribution >= 4 is 11.6 Å². The maximum atomic E-state index is 13.6. The average Bonchev–Trinajstić information content (AvgIpc) is 2.86. The van der Waals surface area contributed by atoms with E-state index < -0.39 is 23.1 Å². The molecule has 0 saturated carbocycles. The van der Waals surface area contributed by atoms with E-state index in [2.05, 4.69) is 10.3 Å². The second kappa shape index (κ2) is 7.12. The summed E-state index contributed by atoms with van der Waals surface area (Å²) in [7, 11) is 0. The number of aromatic nitrogens is 2. The number of hydrogen-bond donors (Lipinski definition) is 1. The van der Waals surface area contributed by atoms with Crippen molar-refractivity contribution in [3.05, 3.63) is 42.0 Å². The zero-order valence-corrected chi connectivity index (χ0v) is 11.6. The first kappa shape index (κ1) is 15.4. The molecule has 0 atom stereocenters. The molecule has 1 N–H and O–H groups in total. The number of rotatable bonds is 7. The highest BCUT2D eigenvalue weighted by atomic mass is 19.1. The minimum Gasteiger partial charge on any atom is -0.382 e. The van der Waals surface area contributed by atoms with Crippen molar-refractivity contribution in [2.45, 2.75) is 19.9 Å². The predicted octanol–water partition coefficient (Wildman–Crippen LogP) is 3.47. The largest absolute Gasteiger partial charge is 0.382 e. The van der Waals surface area contributed by atoms with E-state index >= 15 is 0 Å². The van der Waals surface area contributed by atoms with Crippen molar-refractivity contribution in [3.63, 3.8) is 0 Å². The van der Waals surface area contributed by atoms with Gasteiger partial charge in [-0.2, -0.15) is 0 Å². The van der Waals surface area contributed by atoms with Crippen LogP contribution in [0.2, 0.25) is 0 Å². The van der Waals surface area contributed by atoms with Crippen LogP contribution in [0.25, 0.3) is 0 Å². The average molecular weight is 299 g/mol. The monoisotopic (exact) mass is 299 g/mol. The van der Waals surface area contributed by atoms with Gasteiger partial charge in [0.25, 0.3) is 0 Å². The van der Waals surface area contributed by atoms with Crippen LogP contribution in [-0.4, -0.2) is 22.8 Å². The first-order valence-electron chi connectivity index (χ1n) is 6.62. The number of halogens is 3. The van der Waals surface area contributed by atoms with Gasteiger partial charge in [0.15, 0.2) is 11.6 Å². The molecule has 0 radical (unpaired) electrons. The second-order valence-corrected chi connectivity index (χ2v) is 4.36. The number of hydrogen-bond acceptors (Lipinski definition) is 3. The third kappa shape index (κ3) is 3.98. The summed E-state index contributed by atoms with van der Waals surface area (Å²) < 4.78 is 47.0. The molecule has 1 aromatic heterocycles. The number of benzene rings is 1. The van der Waals surface area contributed by atoms with E-state index in [1.165, 1.54) is 6.20 Å². The van der Waals surface area contributed by atoms with Crippen LogP contribution < -0.4 is 5.32 Å². The van der Waals surface area contributed by atoms with Gasteiger partial charge in [-0.15, -0.1) is 0 Å². The molecule has 4 nitrogen and oxygen atoms in total. The Kier molecular flexibility index (Phi) is 5.21. The molecule has 2 rings (SSSR count). The zero-order valence-electron chi connectivity index (χ0n) is 11.6. The van der Waals surface area contributed by atoms with Gasteiger partial charge in [-0.25, -0.2) is 18.2 Å². The third-order valence-corrected chi connectivity index (χ3v) is 2.85. The van der Waals surface area contributed by atoms with Crippen molar-refractivity contribution in [1.29, 1.82) is 0 Å². The van der Waals surface area contributed by atoms with Crippen molar-refractivity contribution in [2.75, 3.05) is 18.5 Å². The van der Waals surface area contributed by atoms with Crippen LogP contribution >= 0.6 is 0 Å². The lowest BCUT2D eigenvalue weighted by Crippen LogP contribution is -2.08. The highest BCUT2D eigenvalue weighted by Crippen LogP contribution is 2.23. The lowest BCUT2D eigenvalue weighted by atomic mass is 10.3. The molecule has 0 unspecified atom stereocenters. The highest BCUT2D eigenvalue weighted by molar-refractivity contribution is 5.55. The van der Waals surface area contributed by atoms with Crippen LogP contribution in [0.3, 0.4) is 0 Å². The molecule has 0 spiro atoms. The second-order valence-electron chi connectivity index (χ2n) is 4.36. The number of anilines is 2. The van der Waals surface area contributed by atoms with E-state index in [1.54, 1.807) is 10.8 Å². The minimum absolute atomic E-state index is 0.288. The van der Waals surface area contributed by atoms with E-state index in [4.69, 9.17) is 4.74 Å². The summed E-state index contributed by atoms with van der Waals surface area (Å²) in [6.45, 7) is 3.73. The van der Waals surface area contributed by atoms with E-state index in [0.717, 1.165) is 6.42 Å². The smallest absolute Gasteiger partial charge is 0.207 e. The normalized spacial score (nSPS) is 10.9. The van der Waals surface area contributed by atoms with Gasteiger partial charge in [-0.1, -0.05) is 0 Å². The zero-order chi connectivity index (χ0) is 15.2. The Morgan fingerprint density at radius 3 is 2.62 bits per heavy atom. The summed E-state index contributed by atoms with van der Waals surface area (Å²) in [5.74, 6) is -2.68. The van der Waals surface area contributed by atoms with Gasteiger partial charge in [0, 0.05) is 44.3 Å². The molecule has 114 valence electrons. The number of aryl methyl sites for hydroxylation is 1. The van der Waals surface area contributed by atoms with Crippen molar-refractivity contribution in [3.8, 4) is 0 Å². The first-order valence-corrected chi connectivity index (χ1v) is 6.62. The quantitative estimate of drug-likeness (QED) is 0.796. The molecular weight excluding hydrogens is 283 g/mol. The van der Waals surface area contributed by atoms with Crippen LogP contribution in [0.15, 0.2) is 24.5 Å².